The molecule has 0 amide bonds. The lowest BCUT2D eigenvalue weighted by Gasteiger charge is -2.26. The molecule has 0 aliphatic heterocycles. The molecule has 0 bridgehead atoms. The lowest BCUT2D eigenvalue weighted by atomic mass is 10.1. The van der Waals surface area contributed by atoms with E-state index in [0.29, 0.717) is 13.2 Å². The second-order valence-corrected chi connectivity index (χ2v) is 6.53. The van der Waals surface area contributed by atoms with Crippen molar-refractivity contribution >= 4 is 11.6 Å². The molecule has 0 aliphatic carbocycles. The van der Waals surface area contributed by atoms with Crippen molar-refractivity contribution < 1.29 is 9.47 Å². The van der Waals surface area contributed by atoms with Crippen molar-refractivity contribution in [1.82, 2.24) is 5.32 Å². The second-order valence-electron chi connectivity index (χ2n) is 6.12. The van der Waals surface area contributed by atoms with E-state index in [1.807, 2.05) is 24.3 Å². The lowest BCUT2D eigenvalue weighted by molar-refractivity contribution is 0.00212. The third kappa shape index (κ3) is 7.82. The molecule has 1 aromatic rings. The summed E-state index contributed by atoms with van der Waals surface area (Å²) in [5, 5.41) is 4.22. The first-order valence-corrected chi connectivity index (χ1v) is 8.00. The number of rotatable bonds is 9. The summed E-state index contributed by atoms with van der Waals surface area (Å²) in [6, 6.07) is 7.84. The smallest absolute Gasteiger partial charge is 0.0964 e. The van der Waals surface area contributed by atoms with Gasteiger partial charge in [0.25, 0.3) is 0 Å². The summed E-state index contributed by atoms with van der Waals surface area (Å²) in [6.45, 7) is 11.2. The molecule has 0 spiro atoms. The van der Waals surface area contributed by atoms with Gasteiger partial charge in [0.05, 0.1) is 19.3 Å². The van der Waals surface area contributed by atoms with Crippen LogP contribution < -0.4 is 5.32 Å². The minimum atomic E-state index is -0.0665. The first-order valence-electron chi connectivity index (χ1n) is 7.63. The van der Waals surface area contributed by atoms with Crippen LogP contribution in [0.4, 0.5) is 0 Å². The van der Waals surface area contributed by atoms with Crippen LogP contribution in [-0.2, 0) is 9.47 Å². The zero-order valence-electron chi connectivity index (χ0n) is 13.6. The quantitative estimate of drug-likeness (QED) is 0.693. The van der Waals surface area contributed by atoms with Gasteiger partial charge in [0.1, 0.15) is 0 Å². The lowest BCUT2D eigenvalue weighted by Crippen LogP contribution is -2.39. The van der Waals surface area contributed by atoms with Crippen molar-refractivity contribution in [2.24, 2.45) is 0 Å². The number of ether oxygens (including phenoxy) is 2. The fourth-order valence-electron chi connectivity index (χ4n) is 1.89. The molecule has 4 heteroatoms. The van der Waals surface area contributed by atoms with Gasteiger partial charge in [-0.05, 0) is 33.3 Å². The highest BCUT2D eigenvalue weighted by molar-refractivity contribution is 6.31. The van der Waals surface area contributed by atoms with Crippen LogP contribution in [-0.4, -0.2) is 31.9 Å². The SMILES string of the molecule is CCCOCCOC(CNC(C)(C)C)c1ccccc1Cl. The van der Waals surface area contributed by atoms with E-state index < -0.39 is 0 Å². The topological polar surface area (TPSA) is 30.5 Å². The Kier molecular flexibility index (Phi) is 8.27. The largest absolute Gasteiger partial charge is 0.379 e. The van der Waals surface area contributed by atoms with E-state index in [-0.39, 0.29) is 11.6 Å². The second kappa shape index (κ2) is 9.42. The van der Waals surface area contributed by atoms with Gasteiger partial charge < -0.3 is 14.8 Å². The fraction of sp³-hybridized carbons (Fsp3) is 0.647. The van der Waals surface area contributed by atoms with E-state index in [0.717, 1.165) is 30.2 Å². The van der Waals surface area contributed by atoms with Crippen LogP contribution in [0.25, 0.3) is 0 Å². The molecule has 1 N–H and O–H groups in total. The van der Waals surface area contributed by atoms with Crippen LogP contribution in [0.3, 0.4) is 0 Å². The maximum Gasteiger partial charge on any atom is 0.0964 e. The Bertz CT molecular complexity index is 404. The number of halogens is 1. The van der Waals surface area contributed by atoms with E-state index >= 15 is 0 Å². The van der Waals surface area contributed by atoms with Crippen molar-refractivity contribution in [3.05, 3.63) is 34.9 Å². The first-order chi connectivity index (χ1) is 9.94. The van der Waals surface area contributed by atoms with E-state index in [1.165, 1.54) is 0 Å². The molecule has 0 radical (unpaired) electrons. The molecule has 0 aromatic heterocycles. The molecule has 1 unspecified atom stereocenters. The van der Waals surface area contributed by atoms with E-state index in [2.05, 4.69) is 33.0 Å². The van der Waals surface area contributed by atoms with Gasteiger partial charge in [0.2, 0.25) is 0 Å². The molecule has 1 aromatic carbocycles. The van der Waals surface area contributed by atoms with Crippen molar-refractivity contribution in [2.45, 2.75) is 45.8 Å². The monoisotopic (exact) mass is 313 g/mol. The zero-order valence-corrected chi connectivity index (χ0v) is 14.4. The summed E-state index contributed by atoms with van der Waals surface area (Å²) in [5.41, 5.74) is 1.06. The molecule has 0 saturated heterocycles. The van der Waals surface area contributed by atoms with Crippen LogP contribution in [0.15, 0.2) is 24.3 Å². The number of hydrogen-bond acceptors (Lipinski definition) is 3. The maximum atomic E-state index is 6.29. The zero-order chi connectivity index (χ0) is 15.7. The van der Waals surface area contributed by atoms with Gasteiger partial charge in [0, 0.05) is 29.3 Å². The molecular formula is C17H28ClNO2. The summed E-state index contributed by atoms with van der Waals surface area (Å²) in [5.74, 6) is 0. The van der Waals surface area contributed by atoms with Crippen LogP contribution in [0.5, 0.6) is 0 Å². The Morgan fingerprint density at radius 3 is 2.48 bits per heavy atom. The first kappa shape index (κ1) is 18.4. The molecule has 21 heavy (non-hydrogen) atoms. The van der Waals surface area contributed by atoms with Crippen LogP contribution in [0.1, 0.15) is 45.8 Å². The molecular weight excluding hydrogens is 286 g/mol. The Labute approximate surface area is 134 Å². The van der Waals surface area contributed by atoms with Crippen molar-refractivity contribution in [3.63, 3.8) is 0 Å². The Balaban J connectivity index is 2.60. The molecule has 120 valence electrons. The standard InChI is InChI=1S/C17H28ClNO2/c1-5-10-20-11-12-21-16(13-19-17(2,3)4)14-8-6-7-9-15(14)18/h6-9,16,19H,5,10-13H2,1-4H3. The average Bonchev–Trinajstić information content (AvgIpc) is 2.42. The third-order valence-electron chi connectivity index (χ3n) is 2.97. The van der Waals surface area contributed by atoms with E-state index in [9.17, 15) is 0 Å². The van der Waals surface area contributed by atoms with Crippen LogP contribution in [0, 0.1) is 0 Å². The molecule has 0 saturated carbocycles. The predicted octanol–water partition coefficient (Wildman–Crippen LogP) is 4.21. The fourth-order valence-corrected chi connectivity index (χ4v) is 2.15. The summed E-state index contributed by atoms with van der Waals surface area (Å²) < 4.78 is 11.4. The predicted molar refractivity (Wildman–Crippen MR) is 89.0 cm³/mol. The highest BCUT2D eigenvalue weighted by Crippen LogP contribution is 2.25. The van der Waals surface area contributed by atoms with Gasteiger partial charge in [-0.1, -0.05) is 36.7 Å². The Morgan fingerprint density at radius 1 is 1.14 bits per heavy atom. The molecule has 0 aliphatic rings. The molecule has 0 heterocycles. The Morgan fingerprint density at radius 2 is 1.86 bits per heavy atom. The van der Waals surface area contributed by atoms with Gasteiger partial charge in [-0.25, -0.2) is 0 Å². The summed E-state index contributed by atoms with van der Waals surface area (Å²) in [6.07, 6.45) is 0.961. The summed E-state index contributed by atoms with van der Waals surface area (Å²) in [7, 11) is 0. The number of benzene rings is 1. The van der Waals surface area contributed by atoms with Gasteiger partial charge >= 0.3 is 0 Å². The van der Waals surface area contributed by atoms with Crippen LogP contribution >= 0.6 is 11.6 Å². The summed E-state index contributed by atoms with van der Waals surface area (Å²) in [4.78, 5) is 0. The van der Waals surface area contributed by atoms with Gasteiger partial charge in [-0.15, -0.1) is 0 Å². The van der Waals surface area contributed by atoms with Crippen molar-refractivity contribution in [2.75, 3.05) is 26.4 Å². The number of nitrogens with one attached hydrogen (secondary N) is 1. The molecule has 3 nitrogen and oxygen atoms in total. The highest BCUT2D eigenvalue weighted by Gasteiger charge is 2.18. The van der Waals surface area contributed by atoms with Gasteiger partial charge in [-0.3, -0.25) is 0 Å². The molecule has 0 fully saturated rings. The van der Waals surface area contributed by atoms with Gasteiger partial charge in [-0.2, -0.15) is 0 Å². The Hall–Kier alpha value is -0.610. The normalized spacial score (nSPS) is 13.4. The van der Waals surface area contributed by atoms with Crippen molar-refractivity contribution in [3.8, 4) is 0 Å². The van der Waals surface area contributed by atoms with E-state index in [4.69, 9.17) is 21.1 Å². The highest BCUT2D eigenvalue weighted by atomic mass is 35.5. The van der Waals surface area contributed by atoms with Crippen molar-refractivity contribution in [1.29, 1.82) is 0 Å². The molecule has 1 rings (SSSR count). The molecule has 1 atom stereocenters. The minimum absolute atomic E-state index is 0.0432. The van der Waals surface area contributed by atoms with Gasteiger partial charge in [0.15, 0.2) is 0 Å². The third-order valence-corrected chi connectivity index (χ3v) is 3.31. The average molecular weight is 314 g/mol. The number of hydrogen-bond donors (Lipinski definition) is 1. The van der Waals surface area contributed by atoms with Crippen LogP contribution in [0.2, 0.25) is 5.02 Å². The maximum absolute atomic E-state index is 6.29. The minimum Gasteiger partial charge on any atom is -0.379 e. The summed E-state index contributed by atoms with van der Waals surface area (Å²) >= 11 is 6.29. The van der Waals surface area contributed by atoms with E-state index in [1.54, 1.807) is 0 Å².